The number of nitrogens with zero attached hydrogens (tertiary/aromatic N) is 1. The highest BCUT2D eigenvalue weighted by molar-refractivity contribution is 5.93. The van der Waals surface area contributed by atoms with Crippen molar-refractivity contribution >= 4 is 11.6 Å². The summed E-state index contributed by atoms with van der Waals surface area (Å²) in [5.41, 5.74) is 1.37. The second-order valence-corrected chi connectivity index (χ2v) is 7.06. The fourth-order valence-corrected chi connectivity index (χ4v) is 3.62. The Morgan fingerprint density at radius 3 is 3.00 bits per heavy atom. The van der Waals surface area contributed by atoms with Crippen LogP contribution in [0.25, 0.3) is 0 Å². The van der Waals surface area contributed by atoms with Gasteiger partial charge in [0.2, 0.25) is 5.91 Å². The van der Waals surface area contributed by atoms with Gasteiger partial charge in [0.05, 0.1) is 5.60 Å². The van der Waals surface area contributed by atoms with Gasteiger partial charge in [-0.05, 0) is 63.4 Å². The summed E-state index contributed by atoms with van der Waals surface area (Å²) in [6, 6.07) is 6.05. The van der Waals surface area contributed by atoms with Crippen LogP contribution in [0.15, 0.2) is 18.2 Å². The number of fused-ring (bicyclic) bond motifs is 1. The maximum Gasteiger partial charge on any atom is 0.224 e. The Morgan fingerprint density at radius 2 is 2.22 bits per heavy atom. The Hall–Kier alpha value is -1.59. The van der Waals surface area contributed by atoms with Crippen LogP contribution in [0.5, 0.6) is 5.75 Å². The van der Waals surface area contributed by atoms with Gasteiger partial charge in [-0.3, -0.25) is 9.69 Å². The predicted octanol–water partition coefficient (Wildman–Crippen LogP) is 2.19. The smallest absolute Gasteiger partial charge is 0.224 e. The van der Waals surface area contributed by atoms with Crippen molar-refractivity contribution in [2.45, 2.75) is 51.2 Å². The van der Waals surface area contributed by atoms with Crippen LogP contribution in [0.1, 0.15) is 38.7 Å². The molecule has 1 unspecified atom stereocenters. The average molecular weight is 318 g/mol. The summed E-state index contributed by atoms with van der Waals surface area (Å²) in [5, 5.41) is 13.1. The predicted molar refractivity (Wildman–Crippen MR) is 89.8 cm³/mol. The molecule has 126 valence electrons. The summed E-state index contributed by atoms with van der Waals surface area (Å²) in [6.07, 6.45) is 3.48. The van der Waals surface area contributed by atoms with Crippen molar-refractivity contribution in [2.75, 3.05) is 25.0 Å². The average Bonchev–Trinajstić information content (AvgIpc) is 2.96. The molecule has 0 saturated carbocycles. The molecule has 1 saturated heterocycles. The third-order valence-electron chi connectivity index (χ3n) is 4.80. The van der Waals surface area contributed by atoms with Crippen LogP contribution in [-0.4, -0.2) is 47.3 Å². The van der Waals surface area contributed by atoms with E-state index in [0.29, 0.717) is 13.0 Å². The van der Waals surface area contributed by atoms with E-state index in [0.717, 1.165) is 49.4 Å². The van der Waals surface area contributed by atoms with Gasteiger partial charge in [-0.15, -0.1) is 0 Å². The number of ether oxygens (including phenoxy) is 1. The lowest BCUT2D eigenvalue weighted by Gasteiger charge is -2.33. The summed E-state index contributed by atoms with van der Waals surface area (Å²) in [4.78, 5) is 13.7. The van der Waals surface area contributed by atoms with Gasteiger partial charge in [-0.1, -0.05) is 0 Å². The first-order valence-electron chi connectivity index (χ1n) is 8.45. The van der Waals surface area contributed by atoms with Crippen LogP contribution in [0, 0.1) is 0 Å². The number of carbonyl (C=O) groups is 1. The molecule has 0 aliphatic carbocycles. The highest BCUT2D eigenvalue weighted by Gasteiger charge is 2.35. The second kappa shape index (κ2) is 6.49. The van der Waals surface area contributed by atoms with Crippen molar-refractivity contribution in [1.29, 1.82) is 0 Å². The molecule has 1 aromatic rings. The Balaban J connectivity index is 1.54. The fraction of sp³-hybridized carbons (Fsp3) is 0.611. The third-order valence-corrected chi connectivity index (χ3v) is 4.80. The van der Waals surface area contributed by atoms with Gasteiger partial charge in [0.1, 0.15) is 12.4 Å². The van der Waals surface area contributed by atoms with E-state index in [4.69, 9.17) is 4.74 Å². The van der Waals surface area contributed by atoms with E-state index >= 15 is 0 Å². The summed E-state index contributed by atoms with van der Waals surface area (Å²) in [7, 11) is 0. The molecule has 1 atom stereocenters. The van der Waals surface area contributed by atoms with Gasteiger partial charge < -0.3 is 15.2 Å². The SMILES string of the molecule is CC(C)(O)C1CCCN1CCOc1ccc2c(c1)CCC(=O)N2. The quantitative estimate of drug-likeness (QED) is 0.873. The molecule has 2 N–H and O–H groups in total. The largest absolute Gasteiger partial charge is 0.492 e. The Morgan fingerprint density at radius 1 is 1.39 bits per heavy atom. The monoisotopic (exact) mass is 318 g/mol. The van der Waals surface area contributed by atoms with Crippen molar-refractivity contribution in [2.24, 2.45) is 0 Å². The maximum atomic E-state index is 11.4. The molecule has 1 fully saturated rings. The summed E-state index contributed by atoms with van der Waals surface area (Å²) >= 11 is 0. The molecule has 0 aromatic heterocycles. The number of anilines is 1. The minimum Gasteiger partial charge on any atom is -0.492 e. The van der Waals surface area contributed by atoms with Crippen molar-refractivity contribution in [1.82, 2.24) is 4.90 Å². The van der Waals surface area contributed by atoms with Crippen LogP contribution in [0.3, 0.4) is 0 Å². The van der Waals surface area contributed by atoms with Crippen LogP contribution in [0.2, 0.25) is 0 Å². The number of benzene rings is 1. The van der Waals surface area contributed by atoms with E-state index in [9.17, 15) is 9.90 Å². The fourth-order valence-electron chi connectivity index (χ4n) is 3.62. The molecular weight excluding hydrogens is 292 g/mol. The highest BCUT2D eigenvalue weighted by atomic mass is 16.5. The minimum atomic E-state index is -0.666. The Labute approximate surface area is 137 Å². The Bertz CT molecular complexity index is 580. The lowest BCUT2D eigenvalue weighted by atomic mass is 9.97. The first-order valence-corrected chi connectivity index (χ1v) is 8.45. The molecular formula is C18H26N2O3. The number of rotatable bonds is 5. The first-order chi connectivity index (χ1) is 10.9. The number of aryl methyl sites for hydroxylation is 1. The lowest BCUT2D eigenvalue weighted by molar-refractivity contribution is -0.116. The van der Waals surface area contributed by atoms with Gasteiger partial charge in [-0.25, -0.2) is 0 Å². The molecule has 2 aliphatic rings. The van der Waals surface area contributed by atoms with E-state index in [1.165, 1.54) is 0 Å². The van der Waals surface area contributed by atoms with E-state index < -0.39 is 5.60 Å². The zero-order valence-corrected chi connectivity index (χ0v) is 14.0. The number of likely N-dealkylation sites (tertiary alicyclic amines) is 1. The molecule has 0 spiro atoms. The third kappa shape index (κ3) is 3.85. The Kier molecular flexibility index (Phi) is 4.60. The number of hydrogen-bond acceptors (Lipinski definition) is 4. The van der Waals surface area contributed by atoms with E-state index in [2.05, 4.69) is 10.2 Å². The molecule has 5 nitrogen and oxygen atoms in total. The molecule has 3 rings (SSSR count). The molecule has 23 heavy (non-hydrogen) atoms. The van der Waals surface area contributed by atoms with Gasteiger partial charge >= 0.3 is 0 Å². The van der Waals surface area contributed by atoms with Crippen molar-refractivity contribution in [3.63, 3.8) is 0 Å². The van der Waals surface area contributed by atoms with Crippen LogP contribution >= 0.6 is 0 Å². The summed E-state index contributed by atoms with van der Waals surface area (Å²) < 4.78 is 5.89. The maximum absolute atomic E-state index is 11.4. The van der Waals surface area contributed by atoms with Gasteiger partial charge in [-0.2, -0.15) is 0 Å². The molecule has 0 bridgehead atoms. The summed E-state index contributed by atoms with van der Waals surface area (Å²) in [5.74, 6) is 0.928. The molecule has 1 aromatic carbocycles. The lowest BCUT2D eigenvalue weighted by Crippen LogP contribution is -2.46. The van der Waals surface area contributed by atoms with Crippen LogP contribution in [-0.2, 0) is 11.2 Å². The first kappa shape index (κ1) is 16.3. The molecule has 1 amide bonds. The number of amides is 1. The molecule has 2 heterocycles. The van der Waals surface area contributed by atoms with E-state index in [1.54, 1.807) is 0 Å². The van der Waals surface area contributed by atoms with E-state index in [-0.39, 0.29) is 11.9 Å². The number of hydrogen-bond donors (Lipinski definition) is 2. The zero-order valence-electron chi connectivity index (χ0n) is 14.0. The molecule has 0 radical (unpaired) electrons. The number of aliphatic hydroxyl groups is 1. The van der Waals surface area contributed by atoms with Crippen molar-refractivity contribution in [3.05, 3.63) is 23.8 Å². The standard InChI is InChI=1S/C18H26N2O3/c1-18(2,22)16-4-3-9-20(16)10-11-23-14-6-7-15-13(12-14)5-8-17(21)19-15/h6-7,12,16,22H,3-5,8-11H2,1-2H3,(H,19,21). The summed E-state index contributed by atoms with van der Waals surface area (Å²) in [6.45, 7) is 6.22. The molecule has 5 heteroatoms. The van der Waals surface area contributed by atoms with Crippen molar-refractivity contribution < 1.29 is 14.6 Å². The topological polar surface area (TPSA) is 61.8 Å². The van der Waals surface area contributed by atoms with Gasteiger partial charge in [0.25, 0.3) is 0 Å². The number of carbonyl (C=O) groups excluding carboxylic acids is 1. The normalized spacial score (nSPS) is 21.9. The number of nitrogens with one attached hydrogen (secondary N) is 1. The zero-order chi connectivity index (χ0) is 16.4. The van der Waals surface area contributed by atoms with Gasteiger partial charge in [0, 0.05) is 24.7 Å². The highest BCUT2D eigenvalue weighted by Crippen LogP contribution is 2.28. The van der Waals surface area contributed by atoms with Crippen LogP contribution < -0.4 is 10.1 Å². The second-order valence-electron chi connectivity index (χ2n) is 7.06. The van der Waals surface area contributed by atoms with E-state index in [1.807, 2.05) is 32.0 Å². The van der Waals surface area contributed by atoms with Crippen LogP contribution in [0.4, 0.5) is 5.69 Å². The minimum absolute atomic E-state index is 0.0814. The van der Waals surface area contributed by atoms with Gasteiger partial charge in [0.15, 0.2) is 0 Å². The van der Waals surface area contributed by atoms with Crippen molar-refractivity contribution in [3.8, 4) is 5.75 Å². The molecule has 2 aliphatic heterocycles.